The Balaban J connectivity index is 2.68. The summed E-state index contributed by atoms with van der Waals surface area (Å²) in [5, 5.41) is 8.81. The molecule has 4 heteroatoms. The van der Waals surface area contributed by atoms with Crippen molar-refractivity contribution in [2.24, 2.45) is 0 Å². The van der Waals surface area contributed by atoms with Gasteiger partial charge in [-0.25, -0.2) is 4.79 Å². The van der Waals surface area contributed by atoms with Gasteiger partial charge in [-0.2, -0.15) is 5.26 Å². The summed E-state index contributed by atoms with van der Waals surface area (Å²) in [5.74, 6) is 0. The fourth-order valence-corrected chi connectivity index (χ4v) is 2.32. The summed E-state index contributed by atoms with van der Waals surface area (Å²) in [7, 11) is 0. The van der Waals surface area contributed by atoms with Crippen molar-refractivity contribution in [3.8, 4) is 6.07 Å². The van der Waals surface area contributed by atoms with Crippen LogP contribution in [0.2, 0.25) is 0 Å². The lowest BCUT2D eigenvalue weighted by Gasteiger charge is -2.31. The molecular formula is C12H21N3O. The topological polar surface area (TPSA) is 47.3 Å². The van der Waals surface area contributed by atoms with Gasteiger partial charge in [0, 0.05) is 19.1 Å². The Bertz CT molecular complexity index is 262. The quantitative estimate of drug-likeness (QED) is 0.686. The van der Waals surface area contributed by atoms with Gasteiger partial charge in [-0.3, -0.25) is 0 Å². The number of amides is 2. The number of hydrogen-bond donors (Lipinski definition) is 0. The zero-order valence-electron chi connectivity index (χ0n) is 10.3. The monoisotopic (exact) mass is 223 g/mol. The van der Waals surface area contributed by atoms with Gasteiger partial charge in [0.15, 0.2) is 0 Å². The van der Waals surface area contributed by atoms with Gasteiger partial charge in [-0.05, 0) is 26.7 Å². The first-order valence-electron chi connectivity index (χ1n) is 6.17. The Hall–Kier alpha value is -1.24. The van der Waals surface area contributed by atoms with Gasteiger partial charge in [0.25, 0.3) is 0 Å². The summed E-state index contributed by atoms with van der Waals surface area (Å²) in [4.78, 5) is 15.7. The molecule has 0 aliphatic heterocycles. The largest absolute Gasteiger partial charge is 0.325 e. The van der Waals surface area contributed by atoms with Crippen molar-refractivity contribution >= 4 is 6.03 Å². The summed E-state index contributed by atoms with van der Waals surface area (Å²) in [6, 6.07) is 2.42. The van der Waals surface area contributed by atoms with E-state index in [9.17, 15) is 4.79 Å². The van der Waals surface area contributed by atoms with Gasteiger partial charge in [-0.15, -0.1) is 0 Å². The number of rotatable bonds is 4. The molecule has 0 saturated heterocycles. The number of nitriles is 1. The maximum atomic E-state index is 12.2. The first-order valence-corrected chi connectivity index (χ1v) is 6.17. The summed E-state index contributed by atoms with van der Waals surface area (Å²) >= 11 is 0. The lowest BCUT2D eigenvalue weighted by Crippen LogP contribution is -2.47. The third kappa shape index (κ3) is 2.88. The van der Waals surface area contributed by atoms with Gasteiger partial charge in [-0.1, -0.05) is 12.8 Å². The predicted octanol–water partition coefficient (Wildman–Crippen LogP) is 2.22. The van der Waals surface area contributed by atoms with Crippen molar-refractivity contribution < 1.29 is 4.79 Å². The summed E-state index contributed by atoms with van der Waals surface area (Å²) < 4.78 is 0. The Morgan fingerprint density at radius 1 is 1.31 bits per heavy atom. The second-order valence-electron chi connectivity index (χ2n) is 4.18. The maximum Gasteiger partial charge on any atom is 0.321 e. The Kier molecular flexibility index (Phi) is 5.10. The molecule has 1 fully saturated rings. The SMILES string of the molecule is CCN(CC)C(=O)N(CC#N)C1CCCC1. The van der Waals surface area contributed by atoms with Crippen molar-refractivity contribution in [3.05, 3.63) is 0 Å². The molecule has 0 aromatic carbocycles. The van der Waals surface area contributed by atoms with E-state index < -0.39 is 0 Å². The van der Waals surface area contributed by atoms with Gasteiger partial charge in [0.1, 0.15) is 6.54 Å². The minimum Gasteiger partial charge on any atom is -0.325 e. The molecule has 0 aromatic heterocycles. The number of hydrogen-bond acceptors (Lipinski definition) is 2. The molecule has 1 rings (SSSR count). The molecule has 0 N–H and O–H groups in total. The van der Waals surface area contributed by atoms with Crippen molar-refractivity contribution in [2.75, 3.05) is 19.6 Å². The number of urea groups is 1. The summed E-state index contributed by atoms with van der Waals surface area (Å²) in [6.07, 6.45) is 4.46. The van der Waals surface area contributed by atoms with Crippen LogP contribution in [0.3, 0.4) is 0 Å². The van der Waals surface area contributed by atoms with Gasteiger partial charge < -0.3 is 9.80 Å². The van der Waals surface area contributed by atoms with E-state index >= 15 is 0 Å². The predicted molar refractivity (Wildman–Crippen MR) is 62.9 cm³/mol. The molecule has 0 bridgehead atoms. The third-order valence-corrected chi connectivity index (χ3v) is 3.29. The fourth-order valence-electron chi connectivity index (χ4n) is 2.32. The molecule has 0 unspecified atom stereocenters. The first-order chi connectivity index (χ1) is 7.74. The molecule has 4 nitrogen and oxygen atoms in total. The van der Waals surface area contributed by atoms with Gasteiger partial charge in [0.2, 0.25) is 0 Å². The molecule has 2 amide bonds. The van der Waals surface area contributed by atoms with Crippen LogP contribution in [0.25, 0.3) is 0 Å². The lowest BCUT2D eigenvalue weighted by atomic mass is 10.2. The van der Waals surface area contributed by atoms with Crippen LogP contribution in [0.1, 0.15) is 39.5 Å². The summed E-state index contributed by atoms with van der Waals surface area (Å²) in [5.41, 5.74) is 0. The first kappa shape index (κ1) is 12.8. The van der Waals surface area contributed by atoms with Crippen LogP contribution in [0.5, 0.6) is 0 Å². The number of carbonyl (C=O) groups is 1. The van der Waals surface area contributed by atoms with Crippen molar-refractivity contribution in [1.82, 2.24) is 9.80 Å². The summed E-state index contributed by atoms with van der Waals surface area (Å²) in [6.45, 7) is 5.59. The normalized spacial score (nSPS) is 15.8. The molecule has 16 heavy (non-hydrogen) atoms. The van der Waals surface area contributed by atoms with E-state index in [4.69, 9.17) is 5.26 Å². The highest BCUT2D eigenvalue weighted by Gasteiger charge is 2.28. The van der Waals surface area contributed by atoms with E-state index in [0.717, 1.165) is 12.8 Å². The minimum absolute atomic E-state index is 0.0263. The van der Waals surface area contributed by atoms with Crippen LogP contribution >= 0.6 is 0 Å². The van der Waals surface area contributed by atoms with Crippen molar-refractivity contribution in [3.63, 3.8) is 0 Å². The zero-order chi connectivity index (χ0) is 12.0. The molecule has 0 radical (unpaired) electrons. The van der Waals surface area contributed by atoms with Gasteiger partial charge in [0.05, 0.1) is 6.07 Å². The molecule has 0 atom stereocenters. The molecule has 90 valence electrons. The highest BCUT2D eigenvalue weighted by Crippen LogP contribution is 2.24. The Labute approximate surface area is 97.8 Å². The van der Waals surface area contributed by atoms with Crippen LogP contribution < -0.4 is 0 Å². The number of nitrogens with zero attached hydrogens (tertiary/aromatic N) is 3. The molecule has 0 heterocycles. The van der Waals surface area contributed by atoms with Crippen LogP contribution in [-0.4, -0.2) is 41.5 Å². The highest BCUT2D eigenvalue weighted by atomic mass is 16.2. The van der Waals surface area contributed by atoms with Gasteiger partial charge >= 0.3 is 6.03 Å². The van der Waals surface area contributed by atoms with E-state index in [2.05, 4.69) is 6.07 Å². The third-order valence-electron chi connectivity index (χ3n) is 3.29. The molecular weight excluding hydrogens is 202 g/mol. The van der Waals surface area contributed by atoms with E-state index in [1.165, 1.54) is 12.8 Å². The zero-order valence-corrected chi connectivity index (χ0v) is 10.3. The number of carbonyl (C=O) groups excluding carboxylic acids is 1. The lowest BCUT2D eigenvalue weighted by molar-refractivity contribution is 0.145. The van der Waals surface area contributed by atoms with E-state index in [1.807, 2.05) is 13.8 Å². The van der Waals surface area contributed by atoms with Crippen molar-refractivity contribution in [2.45, 2.75) is 45.6 Å². The van der Waals surface area contributed by atoms with Crippen LogP contribution in [-0.2, 0) is 0 Å². The van der Waals surface area contributed by atoms with Crippen LogP contribution in [0, 0.1) is 11.3 Å². The minimum atomic E-state index is 0.0263. The molecule has 0 aromatic rings. The maximum absolute atomic E-state index is 12.2. The fraction of sp³-hybridized carbons (Fsp3) is 0.833. The molecule has 1 aliphatic rings. The van der Waals surface area contributed by atoms with E-state index in [1.54, 1.807) is 9.80 Å². The second kappa shape index (κ2) is 6.37. The van der Waals surface area contributed by atoms with Crippen LogP contribution in [0.15, 0.2) is 0 Å². The standard InChI is InChI=1S/C12H21N3O/c1-3-14(4-2)12(16)15(10-9-13)11-7-5-6-8-11/h11H,3-8,10H2,1-2H3. The molecule has 1 saturated carbocycles. The Morgan fingerprint density at radius 3 is 2.31 bits per heavy atom. The Morgan fingerprint density at radius 2 is 1.88 bits per heavy atom. The molecule has 1 aliphatic carbocycles. The molecule has 0 spiro atoms. The van der Waals surface area contributed by atoms with Crippen LogP contribution in [0.4, 0.5) is 4.79 Å². The van der Waals surface area contributed by atoms with E-state index in [-0.39, 0.29) is 18.6 Å². The second-order valence-corrected chi connectivity index (χ2v) is 4.18. The van der Waals surface area contributed by atoms with E-state index in [0.29, 0.717) is 13.1 Å². The average molecular weight is 223 g/mol. The average Bonchev–Trinajstić information content (AvgIpc) is 2.80. The van der Waals surface area contributed by atoms with Crippen molar-refractivity contribution in [1.29, 1.82) is 5.26 Å². The highest BCUT2D eigenvalue weighted by molar-refractivity contribution is 5.75. The smallest absolute Gasteiger partial charge is 0.321 e.